The summed E-state index contributed by atoms with van der Waals surface area (Å²) in [4.78, 5) is 0. The topological polar surface area (TPSA) is 70.6 Å². The molecule has 4 N–H and O–H groups in total. The fourth-order valence-electron chi connectivity index (χ4n) is 1.26. The number of rotatable bonds is 4. The van der Waals surface area contributed by atoms with E-state index >= 15 is 0 Å². The number of para-hydroxylation sites is 1. The molecule has 0 aliphatic heterocycles. The van der Waals surface area contributed by atoms with Crippen LogP contribution in [0.4, 0.5) is 5.69 Å². The lowest BCUT2D eigenvalue weighted by Crippen LogP contribution is -2.35. The van der Waals surface area contributed by atoms with Crippen molar-refractivity contribution in [2.75, 3.05) is 5.32 Å². The average molecular weight is 351 g/mol. The molecule has 0 bridgehead atoms. The summed E-state index contributed by atoms with van der Waals surface area (Å²) < 4.78 is 1.84. The van der Waals surface area contributed by atoms with Gasteiger partial charge in [0.15, 0.2) is 5.84 Å². The van der Waals surface area contributed by atoms with Crippen molar-refractivity contribution in [2.45, 2.75) is 19.4 Å². The average Bonchev–Trinajstić information content (AvgIpc) is 2.28. The van der Waals surface area contributed by atoms with E-state index in [0.29, 0.717) is 0 Å². The molecule has 0 heterocycles. The van der Waals surface area contributed by atoms with Gasteiger partial charge in [0, 0.05) is 8.95 Å². The van der Waals surface area contributed by atoms with Gasteiger partial charge in [0.05, 0.1) is 11.7 Å². The Balaban J connectivity index is 2.94. The summed E-state index contributed by atoms with van der Waals surface area (Å²) in [6, 6.07) is 5.57. The standard InChI is InChI=1S/C10H13Br2N3O/c1-2-8(10(13)15-16)14-9-6(11)4-3-5-7(9)12/h3-5,8,14,16H,2H2,1H3,(H2,13,15). The van der Waals surface area contributed by atoms with Gasteiger partial charge in [-0.05, 0) is 50.4 Å². The predicted molar refractivity (Wildman–Crippen MR) is 73.0 cm³/mol. The van der Waals surface area contributed by atoms with Gasteiger partial charge in [-0.2, -0.15) is 0 Å². The molecule has 0 aliphatic rings. The maximum absolute atomic E-state index is 8.65. The first kappa shape index (κ1) is 13.3. The second-order valence-electron chi connectivity index (χ2n) is 3.23. The van der Waals surface area contributed by atoms with E-state index in [1.54, 1.807) is 0 Å². The van der Waals surface area contributed by atoms with Gasteiger partial charge in [-0.1, -0.05) is 18.1 Å². The minimum atomic E-state index is -0.194. The van der Waals surface area contributed by atoms with Crippen molar-refractivity contribution in [3.63, 3.8) is 0 Å². The Hall–Kier alpha value is -0.750. The first-order chi connectivity index (χ1) is 7.60. The smallest absolute Gasteiger partial charge is 0.161 e. The summed E-state index contributed by atoms with van der Waals surface area (Å²) in [5.74, 6) is 0.171. The van der Waals surface area contributed by atoms with E-state index in [4.69, 9.17) is 10.9 Å². The molecule has 1 rings (SSSR count). The van der Waals surface area contributed by atoms with Gasteiger partial charge in [0.1, 0.15) is 0 Å². The van der Waals surface area contributed by atoms with Crippen molar-refractivity contribution in [1.29, 1.82) is 0 Å². The molecule has 1 aromatic carbocycles. The molecule has 1 aromatic rings. The van der Waals surface area contributed by atoms with Crippen LogP contribution in [0.1, 0.15) is 13.3 Å². The fourth-order valence-corrected chi connectivity index (χ4v) is 2.49. The van der Waals surface area contributed by atoms with Crippen LogP contribution in [0.3, 0.4) is 0 Å². The zero-order valence-corrected chi connectivity index (χ0v) is 11.9. The van der Waals surface area contributed by atoms with Crippen LogP contribution in [0.15, 0.2) is 32.3 Å². The molecule has 0 saturated heterocycles. The van der Waals surface area contributed by atoms with E-state index in [1.807, 2.05) is 25.1 Å². The molecule has 0 amide bonds. The summed E-state index contributed by atoms with van der Waals surface area (Å²) in [5.41, 5.74) is 6.47. The van der Waals surface area contributed by atoms with Gasteiger partial charge >= 0.3 is 0 Å². The van der Waals surface area contributed by atoms with E-state index in [0.717, 1.165) is 21.1 Å². The largest absolute Gasteiger partial charge is 0.409 e. The van der Waals surface area contributed by atoms with Crippen LogP contribution in [0, 0.1) is 0 Å². The van der Waals surface area contributed by atoms with Gasteiger partial charge < -0.3 is 16.3 Å². The zero-order valence-electron chi connectivity index (χ0n) is 8.74. The number of hydrogen-bond acceptors (Lipinski definition) is 3. The quantitative estimate of drug-likeness (QED) is 0.338. The summed E-state index contributed by atoms with van der Waals surface area (Å²) in [5, 5.41) is 14.9. The maximum Gasteiger partial charge on any atom is 0.161 e. The lowest BCUT2D eigenvalue weighted by atomic mass is 10.2. The molecule has 0 spiro atoms. The van der Waals surface area contributed by atoms with Gasteiger partial charge in [-0.3, -0.25) is 0 Å². The van der Waals surface area contributed by atoms with E-state index < -0.39 is 0 Å². The third kappa shape index (κ3) is 3.12. The highest BCUT2D eigenvalue weighted by molar-refractivity contribution is 9.11. The van der Waals surface area contributed by atoms with Crippen LogP contribution in [-0.2, 0) is 0 Å². The highest BCUT2D eigenvalue weighted by atomic mass is 79.9. The second-order valence-corrected chi connectivity index (χ2v) is 4.94. The maximum atomic E-state index is 8.65. The molecule has 6 heteroatoms. The van der Waals surface area contributed by atoms with Crippen LogP contribution >= 0.6 is 31.9 Å². The van der Waals surface area contributed by atoms with Crippen LogP contribution in [0.2, 0.25) is 0 Å². The minimum Gasteiger partial charge on any atom is -0.409 e. The zero-order chi connectivity index (χ0) is 12.1. The van der Waals surface area contributed by atoms with E-state index in [-0.39, 0.29) is 11.9 Å². The third-order valence-electron chi connectivity index (χ3n) is 2.16. The lowest BCUT2D eigenvalue weighted by molar-refractivity contribution is 0.316. The van der Waals surface area contributed by atoms with Crippen molar-refractivity contribution in [2.24, 2.45) is 10.9 Å². The number of nitrogens with zero attached hydrogens (tertiary/aromatic N) is 1. The highest BCUT2D eigenvalue weighted by Gasteiger charge is 2.14. The monoisotopic (exact) mass is 349 g/mol. The predicted octanol–water partition coefficient (Wildman–Crippen LogP) is 3.15. The molecular formula is C10H13Br2N3O. The van der Waals surface area contributed by atoms with Crippen LogP contribution in [0.5, 0.6) is 0 Å². The third-order valence-corrected chi connectivity index (χ3v) is 3.48. The van der Waals surface area contributed by atoms with Gasteiger partial charge in [0.2, 0.25) is 0 Å². The van der Waals surface area contributed by atoms with Crippen LogP contribution < -0.4 is 11.1 Å². The molecule has 0 aliphatic carbocycles. The first-order valence-electron chi connectivity index (χ1n) is 4.78. The molecule has 0 radical (unpaired) electrons. The Morgan fingerprint density at radius 1 is 1.50 bits per heavy atom. The second kappa shape index (κ2) is 6.10. The van der Waals surface area contributed by atoms with Crippen molar-refractivity contribution >= 4 is 43.4 Å². The van der Waals surface area contributed by atoms with E-state index in [2.05, 4.69) is 42.3 Å². The summed E-state index contributed by atoms with van der Waals surface area (Å²) in [6.45, 7) is 1.96. The minimum absolute atomic E-state index is 0.171. The molecule has 88 valence electrons. The summed E-state index contributed by atoms with van der Waals surface area (Å²) in [7, 11) is 0. The number of oxime groups is 1. The first-order valence-corrected chi connectivity index (χ1v) is 6.36. The molecular weight excluding hydrogens is 338 g/mol. The van der Waals surface area contributed by atoms with Gasteiger partial charge in [-0.15, -0.1) is 0 Å². The molecule has 4 nitrogen and oxygen atoms in total. The molecule has 16 heavy (non-hydrogen) atoms. The molecule has 0 aromatic heterocycles. The molecule has 0 saturated carbocycles. The number of anilines is 1. The van der Waals surface area contributed by atoms with Gasteiger partial charge in [-0.25, -0.2) is 0 Å². The van der Waals surface area contributed by atoms with Gasteiger partial charge in [0.25, 0.3) is 0 Å². The molecule has 1 unspecified atom stereocenters. The Kier molecular flexibility index (Phi) is 5.08. The summed E-state index contributed by atoms with van der Waals surface area (Å²) in [6.07, 6.45) is 0.726. The van der Waals surface area contributed by atoms with Crippen molar-refractivity contribution in [3.8, 4) is 0 Å². The van der Waals surface area contributed by atoms with Crippen LogP contribution in [0.25, 0.3) is 0 Å². The number of amidine groups is 1. The van der Waals surface area contributed by atoms with Crippen LogP contribution in [-0.4, -0.2) is 17.1 Å². The Bertz CT molecular complexity index is 375. The van der Waals surface area contributed by atoms with E-state index in [9.17, 15) is 0 Å². The van der Waals surface area contributed by atoms with E-state index in [1.165, 1.54) is 0 Å². The number of halogens is 2. The molecule has 1 atom stereocenters. The fraction of sp³-hybridized carbons (Fsp3) is 0.300. The normalized spacial score (nSPS) is 13.6. The highest BCUT2D eigenvalue weighted by Crippen LogP contribution is 2.31. The Morgan fingerprint density at radius 2 is 2.06 bits per heavy atom. The van der Waals surface area contributed by atoms with Crippen molar-refractivity contribution in [3.05, 3.63) is 27.1 Å². The van der Waals surface area contributed by atoms with Crippen molar-refractivity contribution < 1.29 is 5.21 Å². The summed E-state index contributed by atoms with van der Waals surface area (Å²) >= 11 is 6.88. The SMILES string of the molecule is CCC(Nc1c(Br)cccc1Br)/C(N)=N/O. The number of nitrogens with one attached hydrogen (secondary N) is 1. The molecule has 0 fully saturated rings. The lowest BCUT2D eigenvalue weighted by Gasteiger charge is -2.18. The number of nitrogens with two attached hydrogens (primary N) is 1. The van der Waals surface area contributed by atoms with Crippen molar-refractivity contribution in [1.82, 2.24) is 0 Å². The Morgan fingerprint density at radius 3 is 2.50 bits per heavy atom. The number of hydrogen-bond donors (Lipinski definition) is 3. The number of benzene rings is 1. The Labute approximate surface area is 111 Å².